The topological polar surface area (TPSA) is 69.0 Å². The lowest BCUT2D eigenvalue weighted by Gasteiger charge is -2.25. The Kier molecular flexibility index (Phi) is 10.3. The van der Waals surface area contributed by atoms with Crippen LogP contribution in [0, 0.1) is 0 Å². The van der Waals surface area contributed by atoms with Gasteiger partial charge in [0.15, 0.2) is 0 Å². The smallest absolute Gasteiger partial charge is 0.227 e. The second kappa shape index (κ2) is 13.7. The molecule has 0 saturated heterocycles. The minimum atomic E-state index is -0.596. The third-order valence-electron chi connectivity index (χ3n) is 5.57. The molecule has 1 atom stereocenters. The van der Waals surface area contributed by atoms with Crippen molar-refractivity contribution in [2.45, 2.75) is 39.3 Å². The van der Waals surface area contributed by atoms with Crippen molar-refractivity contribution in [3.05, 3.63) is 78.5 Å². The van der Waals surface area contributed by atoms with Crippen LogP contribution in [0.4, 0.5) is 0 Å². The summed E-state index contributed by atoms with van der Waals surface area (Å²) in [5.41, 5.74) is 2.91. The van der Waals surface area contributed by atoms with Crippen LogP contribution >= 0.6 is 0 Å². The van der Waals surface area contributed by atoms with E-state index in [9.17, 15) is 5.11 Å². The number of para-hydroxylation sites is 1. The first kappa shape index (κ1) is 26.5. The van der Waals surface area contributed by atoms with E-state index in [-0.39, 0.29) is 6.61 Å². The summed E-state index contributed by atoms with van der Waals surface area (Å²) in [6, 6.07) is 17.5. The van der Waals surface area contributed by atoms with E-state index in [1.54, 1.807) is 13.2 Å². The molecule has 7 nitrogen and oxygen atoms in total. The molecule has 188 valence electrons. The zero-order chi connectivity index (χ0) is 25.0. The van der Waals surface area contributed by atoms with Gasteiger partial charge in [-0.3, -0.25) is 4.90 Å². The molecule has 0 saturated carbocycles. The van der Waals surface area contributed by atoms with Crippen molar-refractivity contribution in [3.63, 3.8) is 0 Å². The molecule has 0 aliphatic rings. The Labute approximate surface area is 208 Å². The second-order valence-electron chi connectivity index (χ2n) is 8.32. The maximum atomic E-state index is 10.5. The maximum Gasteiger partial charge on any atom is 0.227 e. The first-order valence-corrected chi connectivity index (χ1v) is 12.2. The predicted octanol–water partition coefficient (Wildman–Crippen LogP) is 5.01. The molecule has 1 heterocycles. The number of aryl methyl sites for hydroxylation is 1. The van der Waals surface area contributed by atoms with Crippen molar-refractivity contribution in [2.24, 2.45) is 0 Å². The largest absolute Gasteiger partial charge is 0.497 e. The predicted molar refractivity (Wildman–Crippen MR) is 139 cm³/mol. The molecule has 3 rings (SSSR count). The Bertz CT molecular complexity index is 1030. The number of aliphatic hydroxyl groups is 1. The molecule has 3 aromatic rings. The lowest BCUT2D eigenvalue weighted by Crippen LogP contribution is -2.35. The number of nitrogens with zero attached hydrogens (tertiary/aromatic N) is 3. The summed E-state index contributed by atoms with van der Waals surface area (Å²) in [6.07, 6.45) is 2.81. The molecule has 0 spiro atoms. The minimum Gasteiger partial charge on any atom is -0.497 e. The van der Waals surface area contributed by atoms with Crippen molar-refractivity contribution in [3.8, 4) is 23.1 Å². The van der Waals surface area contributed by atoms with Crippen LogP contribution in [0.2, 0.25) is 0 Å². The van der Waals surface area contributed by atoms with Gasteiger partial charge in [0, 0.05) is 13.1 Å². The molecule has 1 N–H and O–H groups in total. The highest BCUT2D eigenvalue weighted by atomic mass is 16.5. The molecule has 2 aromatic carbocycles. The summed E-state index contributed by atoms with van der Waals surface area (Å²) in [4.78, 5) is 2.23. The highest BCUT2D eigenvalue weighted by Gasteiger charge is 2.23. The minimum absolute atomic E-state index is 0.269. The van der Waals surface area contributed by atoms with E-state index in [4.69, 9.17) is 19.3 Å². The van der Waals surface area contributed by atoms with Gasteiger partial charge < -0.3 is 19.3 Å². The van der Waals surface area contributed by atoms with Gasteiger partial charge in [-0.2, -0.15) is 5.10 Å². The second-order valence-corrected chi connectivity index (χ2v) is 8.32. The average molecular weight is 480 g/mol. The molecule has 0 fully saturated rings. The van der Waals surface area contributed by atoms with Crippen LogP contribution in [0.1, 0.15) is 31.5 Å². The summed E-state index contributed by atoms with van der Waals surface area (Å²) in [7, 11) is 1.64. The monoisotopic (exact) mass is 479 g/mol. The Hall–Kier alpha value is -3.13. The van der Waals surface area contributed by atoms with Gasteiger partial charge in [0.1, 0.15) is 11.5 Å². The number of hydrogen-bond donors (Lipinski definition) is 1. The SMILES string of the molecule is C=CCOC[C@@H](O)CN(CCC)Cc1c(CC)nn(-c2ccccc2)c1Oc1ccc(OC)cc1. The third-order valence-corrected chi connectivity index (χ3v) is 5.57. The molecule has 0 aliphatic carbocycles. The van der Waals surface area contributed by atoms with E-state index in [1.807, 2.05) is 59.3 Å². The van der Waals surface area contributed by atoms with Crippen molar-refractivity contribution in [1.82, 2.24) is 14.7 Å². The fourth-order valence-electron chi connectivity index (χ4n) is 3.94. The van der Waals surface area contributed by atoms with Crippen LogP contribution in [0.5, 0.6) is 17.4 Å². The van der Waals surface area contributed by atoms with Gasteiger partial charge >= 0.3 is 0 Å². The molecular weight excluding hydrogens is 442 g/mol. The summed E-state index contributed by atoms with van der Waals surface area (Å²) in [5, 5.41) is 15.5. The van der Waals surface area contributed by atoms with Crippen LogP contribution < -0.4 is 9.47 Å². The zero-order valence-corrected chi connectivity index (χ0v) is 21.0. The van der Waals surface area contributed by atoms with Crippen molar-refractivity contribution in [2.75, 3.05) is 33.4 Å². The van der Waals surface area contributed by atoms with Crippen LogP contribution in [-0.2, 0) is 17.7 Å². The van der Waals surface area contributed by atoms with Crippen LogP contribution in [0.25, 0.3) is 5.69 Å². The van der Waals surface area contributed by atoms with E-state index in [0.717, 1.165) is 42.1 Å². The number of aromatic nitrogens is 2. The van der Waals surface area contributed by atoms with Gasteiger partial charge in [0.2, 0.25) is 5.88 Å². The lowest BCUT2D eigenvalue weighted by atomic mass is 10.1. The third kappa shape index (κ3) is 7.42. The van der Waals surface area contributed by atoms with Crippen LogP contribution in [0.3, 0.4) is 0 Å². The Morgan fingerprint density at radius 1 is 1.09 bits per heavy atom. The Morgan fingerprint density at radius 2 is 1.80 bits per heavy atom. The fraction of sp³-hybridized carbons (Fsp3) is 0.393. The number of hydrogen-bond acceptors (Lipinski definition) is 6. The molecule has 1 aromatic heterocycles. The van der Waals surface area contributed by atoms with Gasteiger partial charge in [-0.15, -0.1) is 6.58 Å². The molecule has 7 heteroatoms. The van der Waals surface area contributed by atoms with Crippen LogP contribution in [0.15, 0.2) is 67.3 Å². The molecule has 0 amide bonds. The summed E-state index contributed by atoms with van der Waals surface area (Å²) in [6.45, 7) is 10.5. The van der Waals surface area contributed by atoms with Crippen LogP contribution in [-0.4, -0.2) is 59.3 Å². The fourth-order valence-corrected chi connectivity index (χ4v) is 3.94. The number of aliphatic hydroxyl groups excluding tert-OH is 1. The van der Waals surface area contributed by atoms with Gasteiger partial charge in [-0.1, -0.05) is 38.1 Å². The molecule has 0 aliphatic heterocycles. The van der Waals surface area contributed by atoms with Crippen molar-refractivity contribution < 1.29 is 19.3 Å². The molecule has 0 radical (unpaired) electrons. The normalized spacial score (nSPS) is 12.0. The van der Waals surface area contributed by atoms with Gasteiger partial charge in [0.25, 0.3) is 0 Å². The van der Waals surface area contributed by atoms with E-state index in [0.29, 0.717) is 31.3 Å². The standard InChI is InChI=1S/C28H37N3O4/c1-5-17-30(19-23(32)21-34-18-6-2)20-26-27(7-3)29-31(22-11-9-8-10-12-22)28(26)35-25-15-13-24(33-4)14-16-25/h6,8-16,23,32H,2,5,7,17-21H2,1,3-4H3/t23-/m0/s1. The summed E-state index contributed by atoms with van der Waals surface area (Å²) >= 11 is 0. The highest BCUT2D eigenvalue weighted by molar-refractivity contribution is 5.44. The average Bonchev–Trinajstić information content (AvgIpc) is 3.22. The van der Waals surface area contributed by atoms with Gasteiger partial charge in [0.05, 0.1) is 43.4 Å². The number of rotatable bonds is 15. The first-order chi connectivity index (χ1) is 17.1. The van der Waals surface area contributed by atoms with Crippen molar-refractivity contribution >= 4 is 0 Å². The van der Waals surface area contributed by atoms with E-state index in [1.165, 1.54) is 0 Å². The van der Waals surface area contributed by atoms with E-state index < -0.39 is 6.10 Å². The first-order valence-electron chi connectivity index (χ1n) is 12.2. The molecule has 0 unspecified atom stereocenters. The van der Waals surface area contributed by atoms with E-state index in [2.05, 4.69) is 25.3 Å². The maximum absolute atomic E-state index is 10.5. The van der Waals surface area contributed by atoms with E-state index >= 15 is 0 Å². The zero-order valence-electron chi connectivity index (χ0n) is 21.0. The molecule has 0 bridgehead atoms. The quantitative estimate of drug-likeness (QED) is 0.244. The number of methoxy groups -OCH3 is 1. The summed E-state index contributed by atoms with van der Waals surface area (Å²) < 4.78 is 19.1. The lowest BCUT2D eigenvalue weighted by molar-refractivity contribution is 0.0244. The van der Waals surface area contributed by atoms with Gasteiger partial charge in [-0.05, 0) is 55.8 Å². The summed E-state index contributed by atoms with van der Waals surface area (Å²) in [5.74, 6) is 2.15. The number of benzene rings is 2. The number of ether oxygens (including phenoxy) is 3. The Morgan fingerprint density at radius 3 is 2.43 bits per heavy atom. The molecular formula is C28H37N3O4. The Balaban J connectivity index is 1.95. The van der Waals surface area contributed by atoms with Crippen molar-refractivity contribution in [1.29, 1.82) is 0 Å². The molecule has 35 heavy (non-hydrogen) atoms. The van der Waals surface area contributed by atoms with Gasteiger partial charge in [-0.25, -0.2) is 4.68 Å². The highest BCUT2D eigenvalue weighted by Crippen LogP contribution is 2.33.